The summed E-state index contributed by atoms with van der Waals surface area (Å²) in [7, 11) is 0. The van der Waals surface area contributed by atoms with Crippen LogP contribution in [0.3, 0.4) is 0 Å². The zero-order valence-electron chi connectivity index (χ0n) is 15.4. The molecule has 3 aromatic rings. The molecule has 0 unspecified atom stereocenters. The Labute approximate surface area is 151 Å². The van der Waals surface area contributed by atoms with E-state index in [1.807, 2.05) is 39.8 Å². The quantitative estimate of drug-likeness (QED) is 0.382. The van der Waals surface area contributed by atoms with E-state index >= 15 is 0 Å². The summed E-state index contributed by atoms with van der Waals surface area (Å²) >= 11 is 0. The summed E-state index contributed by atoms with van der Waals surface area (Å²) in [5, 5.41) is 1.58. The number of hydrogen-bond donors (Lipinski definition) is 0. The number of benzene rings is 1. The molecule has 1 aliphatic rings. The number of furan rings is 1. The number of allylic oxidation sites excluding steroid dienone is 1. The maximum Gasteiger partial charge on any atom is 0.340 e. The molecule has 0 N–H and O–H groups in total. The second-order valence-electron chi connectivity index (χ2n) is 7.84. The van der Waals surface area contributed by atoms with Gasteiger partial charge in [-0.05, 0) is 26.0 Å². The molecule has 0 radical (unpaired) electrons. The Morgan fingerprint density at radius 1 is 1.27 bits per heavy atom. The highest BCUT2D eigenvalue weighted by molar-refractivity contribution is 6.01. The predicted molar refractivity (Wildman–Crippen MR) is 99.9 cm³/mol. The predicted octanol–water partition coefficient (Wildman–Crippen LogP) is 4.56. The van der Waals surface area contributed by atoms with E-state index < -0.39 is 5.41 Å². The minimum Gasteiger partial charge on any atom is -0.489 e. The Morgan fingerprint density at radius 3 is 2.65 bits per heavy atom. The highest BCUT2D eigenvalue weighted by Gasteiger charge is 2.48. The Balaban J connectivity index is 1.90. The van der Waals surface area contributed by atoms with Gasteiger partial charge in [-0.1, -0.05) is 19.9 Å². The number of rotatable bonds is 5. The molecule has 1 atom stereocenters. The molecule has 5 nitrogen and oxygen atoms in total. The van der Waals surface area contributed by atoms with Crippen LogP contribution in [-0.2, 0) is 10.2 Å². The molecular weight excluding hydrogens is 332 g/mol. The van der Waals surface area contributed by atoms with Crippen LogP contribution in [0, 0.1) is 0 Å². The molecule has 1 aromatic carbocycles. The van der Waals surface area contributed by atoms with Gasteiger partial charge in [0.2, 0.25) is 0 Å². The molecule has 26 heavy (non-hydrogen) atoms. The smallest absolute Gasteiger partial charge is 0.340 e. The first kappa shape index (κ1) is 16.9. The van der Waals surface area contributed by atoms with Gasteiger partial charge in [-0.2, -0.15) is 0 Å². The van der Waals surface area contributed by atoms with Crippen LogP contribution in [-0.4, -0.2) is 18.3 Å². The number of epoxide rings is 1. The second-order valence-corrected chi connectivity index (χ2v) is 7.84. The van der Waals surface area contributed by atoms with Crippen molar-refractivity contribution in [3.8, 4) is 5.75 Å². The monoisotopic (exact) mass is 354 g/mol. The Kier molecular flexibility index (Phi) is 3.57. The first-order valence-electron chi connectivity index (χ1n) is 8.66. The summed E-state index contributed by atoms with van der Waals surface area (Å²) < 4.78 is 22.8. The molecule has 5 heteroatoms. The van der Waals surface area contributed by atoms with Gasteiger partial charge in [-0.3, -0.25) is 0 Å². The summed E-state index contributed by atoms with van der Waals surface area (Å²) in [5.74, 6) is 0.641. The van der Waals surface area contributed by atoms with Crippen molar-refractivity contribution in [1.82, 2.24) is 0 Å². The highest BCUT2D eigenvalue weighted by atomic mass is 16.6. The van der Waals surface area contributed by atoms with Gasteiger partial charge in [0.1, 0.15) is 29.6 Å². The maximum absolute atomic E-state index is 12.5. The van der Waals surface area contributed by atoms with E-state index in [0.29, 0.717) is 29.1 Å². The highest BCUT2D eigenvalue weighted by Crippen LogP contribution is 2.40. The first-order chi connectivity index (χ1) is 12.2. The zero-order valence-corrected chi connectivity index (χ0v) is 15.4. The van der Waals surface area contributed by atoms with E-state index in [0.717, 1.165) is 10.8 Å². The van der Waals surface area contributed by atoms with E-state index in [-0.39, 0.29) is 17.3 Å². The van der Waals surface area contributed by atoms with Crippen molar-refractivity contribution >= 4 is 21.9 Å². The van der Waals surface area contributed by atoms with Crippen molar-refractivity contribution in [3.05, 3.63) is 53.1 Å². The molecule has 1 fully saturated rings. The molecule has 2 aromatic heterocycles. The van der Waals surface area contributed by atoms with Crippen molar-refractivity contribution in [2.24, 2.45) is 0 Å². The summed E-state index contributed by atoms with van der Waals surface area (Å²) in [6.45, 7) is 12.2. The molecule has 4 rings (SSSR count). The third kappa shape index (κ3) is 2.63. The minimum absolute atomic E-state index is 0.0412. The summed E-state index contributed by atoms with van der Waals surface area (Å²) in [4.78, 5) is 12.5. The lowest BCUT2D eigenvalue weighted by Crippen LogP contribution is -2.23. The fourth-order valence-corrected chi connectivity index (χ4v) is 3.09. The molecule has 0 amide bonds. The van der Waals surface area contributed by atoms with Gasteiger partial charge in [0.05, 0.1) is 22.6 Å². The summed E-state index contributed by atoms with van der Waals surface area (Å²) in [5.41, 5.74) is 0.526. The van der Waals surface area contributed by atoms with Crippen molar-refractivity contribution < 1.29 is 18.3 Å². The van der Waals surface area contributed by atoms with Crippen LogP contribution in [0.4, 0.5) is 0 Å². The summed E-state index contributed by atoms with van der Waals surface area (Å²) in [6, 6.07) is 5.41. The zero-order chi connectivity index (χ0) is 18.7. The van der Waals surface area contributed by atoms with Crippen LogP contribution in [0.1, 0.15) is 33.3 Å². The molecule has 0 spiro atoms. The van der Waals surface area contributed by atoms with Gasteiger partial charge in [0.25, 0.3) is 0 Å². The largest absolute Gasteiger partial charge is 0.489 e. The third-order valence-corrected chi connectivity index (χ3v) is 5.17. The van der Waals surface area contributed by atoms with Gasteiger partial charge in [0.15, 0.2) is 0 Å². The Bertz CT molecular complexity index is 1070. The lowest BCUT2D eigenvalue weighted by molar-refractivity contribution is 0.258. The van der Waals surface area contributed by atoms with Crippen LogP contribution in [0.5, 0.6) is 5.75 Å². The van der Waals surface area contributed by atoms with Crippen LogP contribution < -0.4 is 10.4 Å². The molecule has 0 aliphatic carbocycles. The lowest BCUT2D eigenvalue weighted by Gasteiger charge is -2.19. The number of hydrogen-bond acceptors (Lipinski definition) is 5. The average Bonchev–Trinajstić information content (AvgIpc) is 2.96. The van der Waals surface area contributed by atoms with Gasteiger partial charge >= 0.3 is 5.63 Å². The Morgan fingerprint density at radius 2 is 2.00 bits per heavy atom. The van der Waals surface area contributed by atoms with E-state index in [1.54, 1.807) is 18.4 Å². The molecule has 0 bridgehead atoms. The van der Waals surface area contributed by atoms with E-state index in [4.69, 9.17) is 18.3 Å². The summed E-state index contributed by atoms with van der Waals surface area (Å²) in [6.07, 6.45) is 3.38. The van der Waals surface area contributed by atoms with E-state index in [9.17, 15) is 4.79 Å². The molecule has 136 valence electrons. The first-order valence-corrected chi connectivity index (χ1v) is 8.66. The standard InChI is InChI=1S/C21H22O5/c1-6-20(2,3)14-9-13-16(25-19(14)22)10-15-12(7-8-23-15)18(13)24-11-17-21(4,5)26-17/h6-10,17H,1,11H2,2-5H3/t17-/m1/s1. The fraction of sp³-hybridized carbons (Fsp3) is 0.381. The fourth-order valence-electron chi connectivity index (χ4n) is 3.09. The number of fused-ring (bicyclic) bond motifs is 2. The van der Waals surface area contributed by atoms with Gasteiger partial charge < -0.3 is 18.3 Å². The van der Waals surface area contributed by atoms with Crippen LogP contribution in [0.25, 0.3) is 21.9 Å². The van der Waals surface area contributed by atoms with Crippen molar-refractivity contribution in [1.29, 1.82) is 0 Å². The van der Waals surface area contributed by atoms with E-state index in [1.165, 1.54) is 0 Å². The van der Waals surface area contributed by atoms with Crippen LogP contribution >= 0.6 is 0 Å². The molecular formula is C21H22O5. The lowest BCUT2D eigenvalue weighted by atomic mass is 9.85. The second kappa shape index (κ2) is 5.48. The minimum atomic E-state index is -0.515. The van der Waals surface area contributed by atoms with Gasteiger partial charge in [0, 0.05) is 17.0 Å². The molecule has 1 aliphatic heterocycles. The topological polar surface area (TPSA) is 65.1 Å². The SMILES string of the molecule is C=CC(C)(C)c1cc2c(OC[C@H]3OC3(C)C)c3ccoc3cc2oc1=O. The number of ether oxygens (including phenoxy) is 2. The molecule has 3 heterocycles. The normalized spacial score (nSPS) is 19.0. The molecule has 1 saturated heterocycles. The van der Waals surface area contributed by atoms with Gasteiger partial charge in [-0.25, -0.2) is 4.79 Å². The molecule has 0 saturated carbocycles. The van der Waals surface area contributed by atoms with E-state index in [2.05, 4.69) is 6.58 Å². The van der Waals surface area contributed by atoms with Crippen LogP contribution in [0.2, 0.25) is 0 Å². The third-order valence-electron chi connectivity index (χ3n) is 5.17. The Hall–Kier alpha value is -2.53. The van der Waals surface area contributed by atoms with Crippen molar-refractivity contribution in [3.63, 3.8) is 0 Å². The van der Waals surface area contributed by atoms with Gasteiger partial charge in [-0.15, -0.1) is 6.58 Å². The average molecular weight is 354 g/mol. The van der Waals surface area contributed by atoms with Crippen LogP contribution in [0.15, 0.2) is 50.7 Å². The maximum atomic E-state index is 12.5. The van der Waals surface area contributed by atoms with Crippen molar-refractivity contribution in [2.75, 3.05) is 6.61 Å². The van der Waals surface area contributed by atoms with Crippen molar-refractivity contribution in [2.45, 2.75) is 44.8 Å².